The quantitative estimate of drug-likeness (QED) is 0.437. The van der Waals surface area contributed by atoms with Crippen molar-refractivity contribution in [1.29, 1.82) is 0 Å². The van der Waals surface area contributed by atoms with E-state index in [1.54, 1.807) is 13.8 Å². The first-order valence-electron chi connectivity index (χ1n) is 9.54. The standard InChI is InChI=1S/C20H27N3O5/c1-12(22-19(27)16-15(24)8-9-21-16)18(26)23-14(17(25)20(2)11-28-20)10-13-6-4-3-5-7-13/h3-7,12,14-16,21,24H,8-11H2,1-2H3,(H,22,27)(H,23,26). The second-order valence-electron chi connectivity index (χ2n) is 7.65. The molecule has 2 aliphatic rings. The SMILES string of the molecule is CC(NC(=O)C1NCCC1O)C(=O)NC(Cc1ccccc1)C(=O)C1(C)CO1. The summed E-state index contributed by atoms with van der Waals surface area (Å²) in [5.74, 6) is -1.08. The number of nitrogens with one attached hydrogen (secondary N) is 3. The number of hydrogen-bond acceptors (Lipinski definition) is 6. The average Bonchev–Trinajstić information content (AvgIpc) is 3.28. The van der Waals surface area contributed by atoms with Gasteiger partial charge in [-0.15, -0.1) is 0 Å². The van der Waals surface area contributed by atoms with Crippen molar-refractivity contribution < 1.29 is 24.2 Å². The molecule has 4 N–H and O–H groups in total. The third-order valence-electron chi connectivity index (χ3n) is 5.24. The van der Waals surface area contributed by atoms with Crippen LogP contribution in [0.4, 0.5) is 0 Å². The first-order valence-corrected chi connectivity index (χ1v) is 9.54. The van der Waals surface area contributed by atoms with Crippen LogP contribution in [0.15, 0.2) is 30.3 Å². The lowest BCUT2D eigenvalue weighted by atomic mass is 9.94. The predicted octanol–water partition coefficient (Wildman–Crippen LogP) is -0.701. The maximum Gasteiger partial charge on any atom is 0.242 e. The largest absolute Gasteiger partial charge is 0.391 e. The fraction of sp³-hybridized carbons (Fsp3) is 0.550. The number of rotatable bonds is 8. The van der Waals surface area contributed by atoms with Crippen LogP contribution >= 0.6 is 0 Å². The highest BCUT2D eigenvalue weighted by molar-refractivity contribution is 5.98. The number of Topliss-reactive ketones (excluding diaryl/α,β-unsaturated/α-hetero) is 1. The summed E-state index contributed by atoms with van der Waals surface area (Å²) in [6, 6.07) is 7.08. The summed E-state index contributed by atoms with van der Waals surface area (Å²) < 4.78 is 5.26. The fourth-order valence-electron chi connectivity index (χ4n) is 3.30. The minimum Gasteiger partial charge on any atom is -0.391 e. The molecular formula is C20H27N3O5. The second kappa shape index (κ2) is 8.38. The highest BCUT2D eigenvalue weighted by Gasteiger charge is 2.50. The molecule has 152 valence electrons. The Balaban J connectivity index is 1.63. The van der Waals surface area contributed by atoms with Crippen LogP contribution in [0.1, 0.15) is 25.8 Å². The molecule has 5 unspecified atom stereocenters. The van der Waals surface area contributed by atoms with E-state index in [9.17, 15) is 19.5 Å². The molecule has 0 radical (unpaired) electrons. The summed E-state index contributed by atoms with van der Waals surface area (Å²) >= 11 is 0. The van der Waals surface area contributed by atoms with E-state index in [0.29, 0.717) is 26.0 Å². The van der Waals surface area contributed by atoms with Crippen molar-refractivity contribution in [2.75, 3.05) is 13.2 Å². The number of aliphatic hydroxyl groups is 1. The smallest absolute Gasteiger partial charge is 0.242 e. The highest BCUT2D eigenvalue weighted by Crippen LogP contribution is 2.29. The third kappa shape index (κ3) is 4.76. The van der Waals surface area contributed by atoms with Crippen LogP contribution in [0.2, 0.25) is 0 Å². The summed E-state index contributed by atoms with van der Waals surface area (Å²) in [6.45, 7) is 4.14. The molecule has 1 aromatic carbocycles. The van der Waals surface area contributed by atoms with Crippen molar-refractivity contribution in [3.8, 4) is 0 Å². The summed E-state index contributed by atoms with van der Waals surface area (Å²) in [4.78, 5) is 37.7. The number of epoxide rings is 1. The van der Waals surface area contributed by atoms with E-state index in [-0.39, 0.29) is 5.78 Å². The minimum atomic E-state index is -0.864. The molecule has 2 fully saturated rings. The van der Waals surface area contributed by atoms with E-state index < -0.39 is 41.6 Å². The Hall–Kier alpha value is -2.29. The van der Waals surface area contributed by atoms with Crippen LogP contribution in [0.5, 0.6) is 0 Å². The monoisotopic (exact) mass is 389 g/mol. The molecule has 8 nitrogen and oxygen atoms in total. The molecule has 2 aliphatic heterocycles. The van der Waals surface area contributed by atoms with Gasteiger partial charge in [0.15, 0.2) is 5.78 Å². The van der Waals surface area contributed by atoms with Gasteiger partial charge in [0.05, 0.1) is 18.8 Å². The molecule has 5 atom stereocenters. The molecule has 2 amide bonds. The Kier molecular flexibility index (Phi) is 6.12. The van der Waals surface area contributed by atoms with E-state index >= 15 is 0 Å². The van der Waals surface area contributed by atoms with Crippen LogP contribution in [0.25, 0.3) is 0 Å². The van der Waals surface area contributed by atoms with Gasteiger partial charge in [-0.25, -0.2) is 0 Å². The molecule has 28 heavy (non-hydrogen) atoms. The minimum absolute atomic E-state index is 0.184. The number of carbonyl (C=O) groups is 3. The number of benzene rings is 1. The zero-order valence-corrected chi connectivity index (χ0v) is 16.1. The Morgan fingerprint density at radius 1 is 1.29 bits per heavy atom. The van der Waals surface area contributed by atoms with Gasteiger partial charge < -0.3 is 25.8 Å². The Morgan fingerprint density at radius 3 is 2.54 bits per heavy atom. The number of amides is 2. The molecule has 3 rings (SSSR count). The maximum absolute atomic E-state index is 12.8. The molecule has 0 spiro atoms. The van der Waals surface area contributed by atoms with Crippen molar-refractivity contribution >= 4 is 17.6 Å². The second-order valence-corrected chi connectivity index (χ2v) is 7.65. The zero-order valence-electron chi connectivity index (χ0n) is 16.1. The van der Waals surface area contributed by atoms with Crippen molar-refractivity contribution in [2.45, 2.75) is 56.5 Å². The third-order valence-corrected chi connectivity index (χ3v) is 5.24. The van der Waals surface area contributed by atoms with Gasteiger partial charge in [0.25, 0.3) is 0 Å². The predicted molar refractivity (Wildman–Crippen MR) is 101 cm³/mol. The highest BCUT2D eigenvalue weighted by atomic mass is 16.6. The van der Waals surface area contributed by atoms with E-state index in [4.69, 9.17) is 4.74 Å². The number of aliphatic hydroxyl groups excluding tert-OH is 1. The van der Waals surface area contributed by atoms with Crippen molar-refractivity contribution in [2.24, 2.45) is 0 Å². The zero-order chi connectivity index (χ0) is 20.3. The molecule has 0 bridgehead atoms. The van der Waals surface area contributed by atoms with E-state index in [1.165, 1.54) is 0 Å². The summed E-state index contributed by atoms with van der Waals surface area (Å²) in [7, 11) is 0. The summed E-state index contributed by atoms with van der Waals surface area (Å²) in [6.07, 6.45) is 0.0633. The van der Waals surface area contributed by atoms with Gasteiger partial charge >= 0.3 is 0 Å². The van der Waals surface area contributed by atoms with E-state index in [0.717, 1.165) is 5.56 Å². The van der Waals surface area contributed by atoms with Crippen LogP contribution in [-0.4, -0.2) is 65.7 Å². The molecule has 2 heterocycles. The summed E-state index contributed by atoms with van der Waals surface area (Å²) in [5.41, 5.74) is 0.0530. The molecule has 0 saturated carbocycles. The van der Waals surface area contributed by atoms with Crippen LogP contribution < -0.4 is 16.0 Å². The first kappa shape index (κ1) is 20.4. The number of ketones is 1. The Labute approximate surface area is 164 Å². The molecule has 8 heteroatoms. The van der Waals surface area contributed by atoms with Gasteiger partial charge in [0.2, 0.25) is 11.8 Å². The summed E-state index contributed by atoms with van der Waals surface area (Å²) in [5, 5.41) is 18.1. The Morgan fingerprint density at radius 2 is 1.96 bits per heavy atom. The number of carbonyl (C=O) groups excluding carboxylic acids is 3. The van der Waals surface area contributed by atoms with Gasteiger partial charge in [-0.1, -0.05) is 30.3 Å². The molecule has 0 aromatic heterocycles. The Bertz CT molecular complexity index is 735. The molecular weight excluding hydrogens is 362 g/mol. The van der Waals surface area contributed by atoms with Gasteiger partial charge in [0.1, 0.15) is 17.7 Å². The van der Waals surface area contributed by atoms with Gasteiger partial charge in [-0.2, -0.15) is 0 Å². The average molecular weight is 389 g/mol. The number of hydrogen-bond donors (Lipinski definition) is 4. The molecule has 0 aliphatic carbocycles. The molecule has 1 aromatic rings. The number of ether oxygens (including phenoxy) is 1. The topological polar surface area (TPSA) is 120 Å². The van der Waals surface area contributed by atoms with Crippen LogP contribution in [0, 0.1) is 0 Å². The lowest BCUT2D eigenvalue weighted by molar-refractivity contribution is -0.133. The van der Waals surface area contributed by atoms with Crippen LogP contribution in [-0.2, 0) is 25.5 Å². The lowest BCUT2D eigenvalue weighted by Gasteiger charge is -2.23. The van der Waals surface area contributed by atoms with E-state index in [1.807, 2.05) is 30.3 Å². The lowest BCUT2D eigenvalue weighted by Crippen LogP contribution is -2.56. The van der Waals surface area contributed by atoms with Crippen molar-refractivity contribution in [1.82, 2.24) is 16.0 Å². The molecule has 2 saturated heterocycles. The van der Waals surface area contributed by atoms with Gasteiger partial charge in [-0.05, 0) is 38.8 Å². The fourth-order valence-corrected chi connectivity index (χ4v) is 3.30. The van der Waals surface area contributed by atoms with E-state index in [2.05, 4.69) is 16.0 Å². The normalized spacial score (nSPS) is 28.2. The first-order chi connectivity index (χ1) is 13.3. The van der Waals surface area contributed by atoms with Gasteiger partial charge in [0, 0.05) is 0 Å². The maximum atomic E-state index is 12.8. The van der Waals surface area contributed by atoms with Gasteiger partial charge in [-0.3, -0.25) is 14.4 Å². The van der Waals surface area contributed by atoms with Crippen molar-refractivity contribution in [3.05, 3.63) is 35.9 Å². The van der Waals surface area contributed by atoms with Crippen LogP contribution in [0.3, 0.4) is 0 Å². The van der Waals surface area contributed by atoms with Crippen molar-refractivity contribution in [3.63, 3.8) is 0 Å².